The van der Waals surface area contributed by atoms with Crippen LogP contribution in [0, 0.1) is 5.92 Å². The number of carbonyl (C=O) groups is 1. The zero-order valence-electron chi connectivity index (χ0n) is 11.7. The summed E-state index contributed by atoms with van der Waals surface area (Å²) in [7, 11) is 1.97. The first-order valence-electron chi connectivity index (χ1n) is 6.51. The number of nitrogens with one attached hydrogen (secondary N) is 1. The van der Waals surface area contributed by atoms with Gasteiger partial charge in [-0.05, 0) is 49.5 Å². The number of hydrogen-bond donors (Lipinski definition) is 1. The van der Waals surface area contributed by atoms with E-state index in [4.69, 9.17) is 4.74 Å². The summed E-state index contributed by atoms with van der Waals surface area (Å²) in [5, 5.41) is 3.21. The first-order valence-corrected chi connectivity index (χ1v) is 6.51. The van der Waals surface area contributed by atoms with E-state index in [2.05, 4.69) is 25.2 Å². The van der Waals surface area contributed by atoms with Gasteiger partial charge in [0.05, 0.1) is 0 Å². The second-order valence-corrected chi connectivity index (χ2v) is 4.72. The van der Waals surface area contributed by atoms with E-state index in [1.54, 1.807) is 0 Å². The molecule has 3 heteroatoms. The Bertz CT molecular complexity index is 390. The molecule has 3 nitrogen and oxygen atoms in total. The van der Waals surface area contributed by atoms with Crippen molar-refractivity contribution in [3.8, 4) is 5.75 Å². The number of hydrogen-bond acceptors (Lipinski definition) is 3. The van der Waals surface area contributed by atoms with Gasteiger partial charge in [-0.15, -0.1) is 0 Å². The van der Waals surface area contributed by atoms with Crippen LogP contribution >= 0.6 is 0 Å². The third-order valence-electron chi connectivity index (χ3n) is 3.20. The quantitative estimate of drug-likeness (QED) is 0.622. The summed E-state index contributed by atoms with van der Waals surface area (Å²) in [6.07, 6.45) is 1.08. The molecule has 2 unspecified atom stereocenters. The SMILES string of the molecule is CCC(c1cccc(OC(C)=O)c1)C(C)CNC. The van der Waals surface area contributed by atoms with Crippen LogP contribution in [0.4, 0.5) is 0 Å². The maximum absolute atomic E-state index is 11.0. The van der Waals surface area contributed by atoms with Gasteiger partial charge in [0.15, 0.2) is 0 Å². The van der Waals surface area contributed by atoms with E-state index in [0.717, 1.165) is 13.0 Å². The zero-order chi connectivity index (χ0) is 13.5. The van der Waals surface area contributed by atoms with Crippen LogP contribution in [0.5, 0.6) is 5.75 Å². The molecule has 0 heterocycles. The molecule has 0 aliphatic heterocycles. The Balaban J connectivity index is 2.88. The van der Waals surface area contributed by atoms with Crippen molar-refractivity contribution in [2.45, 2.75) is 33.1 Å². The van der Waals surface area contributed by atoms with Gasteiger partial charge in [0.25, 0.3) is 0 Å². The van der Waals surface area contributed by atoms with Crippen LogP contribution in [0.2, 0.25) is 0 Å². The van der Waals surface area contributed by atoms with E-state index in [9.17, 15) is 4.79 Å². The minimum atomic E-state index is -0.275. The fourth-order valence-electron chi connectivity index (χ4n) is 2.41. The standard InChI is InChI=1S/C15H23NO2/c1-5-15(11(2)10-16-4)13-7-6-8-14(9-13)18-12(3)17/h6-9,11,15-16H,5,10H2,1-4H3. The molecule has 0 aliphatic rings. The summed E-state index contributed by atoms with van der Waals surface area (Å²) >= 11 is 0. The molecule has 0 aromatic heterocycles. The number of carbonyl (C=O) groups excluding carboxylic acids is 1. The molecule has 0 spiro atoms. The van der Waals surface area contributed by atoms with Gasteiger partial charge < -0.3 is 10.1 Å². The highest BCUT2D eigenvalue weighted by molar-refractivity contribution is 5.69. The van der Waals surface area contributed by atoms with Gasteiger partial charge in [0, 0.05) is 6.92 Å². The fraction of sp³-hybridized carbons (Fsp3) is 0.533. The van der Waals surface area contributed by atoms with Gasteiger partial charge in [-0.3, -0.25) is 4.79 Å². The molecular weight excluding hydrogens is 226 g/mol. The molecule has 0 bridgehead atoms. The lowest BCUT2D eigenvalue weighted by atomic mass is 9.85. The Labute approximate surface area is 110 Å². The Morgan fingerprint density at radius 3 is 2.72 bits per heavy atom. The number of rotatable bonds is 6. The van der Waals surface area contributed by atoms with Gasteiger partial charge in [-0.1, -0.05) is 26.0 Å². The molecule has 1 rings (SSSR count). The molecule has 1 aromatic carbocycles. The molecule has 0 radical (unpaired) electrons. The highest BCUT2D eigenvalue weighted by atomic mass is 16.5. The Kier molecular flexibility index (Phi) is 5.86. The minimum Gasteiger partial charge on any atom is -0.427 e. The van der Waals surface area contributed by atoms with Crippen molar-refractivity contribution in [3.05, 3.63) is 29.8 Å². The van der Waals surface area contributed by atoms with Crippen LogP contribution in [-0.2, 0) is 4.79 Å². The van der Waals surface area contributed by atoms with E-state index < -0.39 is 0 Å². The highest BCUT2D eigenvalue weighted by Gasteiger charge is 2.17. The highest BCUT2D eigenvalue weighted by Crippen LogP contribution is 2.29. The summed E-state index contributed by atoms with van der Waals surface area (Å²) in [5.41, 5.74) is 1.24. The second-order valence-electron chi connectivity index (χ2n) is 4.72. The lowest BCUT2D eigenvalue weighted by Gasteiger charge is -2.23. The molecule has 1 N–H and O–H groups in total. The third-order valence-corrected chi connectivity index (χ3v) is 3.20. The monoisotopic (exact) mass is 249 g/mol. The van der Waals surface area contributed by atoms with Gasteiger partial charge in [0.1, 0.15) is 5.75 Å². The Morgan fingerprint density at radius 1 is 1.44 bits per heavy atom. The predicted octanol–water partition coefficient (Wildman–Crippen LogP) is 2.96. The molecular formula is C15H23NO2. The molecule has 0 fully saturated rings. The summed E-state index contributed by atoms with van der Waals surface area (Å²) < 4.78 is 5.13. The summed E-state index contributed by atoms with van der Waals surface area (Å²) in [4.78, 5) is 11.0. The first kappa shape index (κ1) is 14.7. The molecule has 1 aromatic rings. The largest absolute Gasteiger partial charge is 0.427 e. The molecule has 0 saturated heterocycles. The average Bonchev–Trinajstić information content (AvgIpc) is 2.30. The number of benzene rings is 1. The Hall–Kier alpha value is -1.35. The van der Waals surface area contributed by atoms with E-state index in [1.165, 1.54) is 12.5 Å². The van der Waals surface area contributed by atoms with E-state index in [1.807, 2.05) is 25.2 Å². The van der Waals surface area contributed by atoms with Crippen molar-refractivity contribution in [1.29, 1.82) is 0 Å². The summed E-state index contributed by atoms with van der Waals surface area (Å²) in [5.74, 6) is 1.39. The van der Waals surface area contributed by atoms with Gasteiger partial charge in [0.2, 0.25) is 0 Å². The molecule has 0 amide bonds. The van der Waals surface area contributed by atoms with Crippen LogP contribution < -0.4 is 10.1 Å². The molecule has 18 heavy (non-hydrogen) atoms. The van der Waals surface area contributed by atoms with Crippen LogP contribution in [-0.4, -0.2) is 19.6 Å². The van der Waals surface area contributed by atoms with E-state index in [0.29, 0.717) is 17.6 Å². The average molecular weight is 249 g/mol. The minimum absolute atomic E-state index is 0.275. The van der Waals surface area contributed by atoms with Crippen molar-refractivity contribution in [2.75, 3.05) is 13.6 Å². The fourth-order valence-corrected chi connectivity index (χ4v) is 2.41. The van der Waals surface area contributed by atoms with Gasteiger partial charge >= 0.3 is 5.97 Å². The lowest BCUT2D eigenvalue weighted by Crippen LogP contribution is -2.22. The second kappa shape index (κ2) is 7.17. The van der Waals surface area contributed by atoms with Crippen LogP contribution in [0.25, 0.3) is 0 Å². The normalized spacial score (nSPS) is 14.0. The predicted molar refractivity (Wildman–Crippen MR) is 73.9 cm³/mol. The summed E-state index contributed by atoms with van der Waals surface area (Å²) in [6, 6.07) is 7.85. The van der Waals surface area contributed by atoms with Crippen molar-refractivity contribution < 1.29 is 9.53 Å². The maximum atomic E-state index is 11.0. The van der Waals surface area contributed by atoms with E-state index in [-0.39, 0.29) is 5.97 Å². The van der Waals surface area contributed by atoms with Crippen LogP contribution in [0.3, 0.4) is 0 Å². The Morgan fingerprint density at radius 2 is 2.17 bits per heavy atom. The van der Waals surface area contributed by atoms with Crippen molar-refractivity contribution in [2.24, 2.45) is 5.92 Å². The maximum Gasteiger partial charge on any atom is 0.308 e. The van der Waals surface area contributed by atoms with Crippen LogP contribution in [0.1, 0.15) is 38.7 Å². The van der Waals surface area contributed by atoms with Gasteiger partial charge in [-0.25, -0.2) is 0 Å². The molecule has 0 aliphatic carbocycles. The molecule has 2 atom stereocenters. The summed E-state index contributed by atoms with van der Waals surface area (Å²) in [6.45, 7) is 6.84. The van der Waals surface area contributed by atoms with E-state index >= 15 is 0 Å². The topological polar surface area (TPSA) is 38.3 Å². The molecule has 0 saturated carbocycles. The zero-order valence-corrected chi connectivity index (χ0v) is 11.7. The number of esters is 1. The third kappa shape index (κ3) is 4.15. The van der Waals surface area contributed by atoms with Crippen molar-refractivity contribution in [1.82, 2.24) is 5.32 Å². The van der Waals surface area contributed by atoms with Crippen LogP contribution in [0.15, 0.2) is 24.3 Å². The smallest absolute Gasteiger partial charge is 0.308 e. The van der Waals surface area contributed by atoms with Crippen molar-refractivity contribution in [3.63, 3.8) is 0 Å². The first-order chi connectivity index (χ1) is 8.58. The lowest BCUT2D eigenvalue weighted by molar-refractivity contribution is -0.131. The van der Waals surface area contributed by atoms with Crippen molar-refractivity contribution >= 4 is 5.97 Å². The molecule has 100 valence electrons. The number of ether oxygens (including phenoxy) is 1. The van der Waals surface area contributed by atoms with Gasteiger partial charge in [-0.2, -0.15) is 0 Å².